The van der Waals surface area contributed by atoms with Crippen LogP contribution in [0.2, 0.25) is 0 Å². The zero-order chi connectivity index (χ0) is 22.4. The molecule has 0 saturated carbocycles. The van der Waals surface area contributed by atoms with Gasteiger partial charge < -0.3 is 25.6 Å². The van der Waals surface area contributed by atoms with Crippen LogP contribution in [-0.2, 0) is 28.7 Å². The summed E-state index contributed by atoms with van der Waals surface area (Å²) in [6, 6.07) is 0.927. The molecule has 3 unspecified atom stereocenters. The Bertz CT molecular complexity index is 794. The third kappa shape index (κ3) is 4.75. The van der Waals surface area contributed by atoms with Gasteiger partial charge in [0.05, 0.1) is 26.3 Å². The first-order chi connectivity index (χ1) is 14.3. The van der Waals surface area contributed by atoms with Gasteiger partial charge in [0.1, 0.15) is 23.0 Å². The summed E-state index contributed by atoms with van der Waals surface area (Å²) in [6.07, 6.45) is 0.681. The molecule has 0 radical (unpaired) electrons. The summed E-state index contributed by atoms with van der Waals surface area (Å²) in [5.41, 5.74) is 5.35. The van der Waals surface area contributed by atoms with Crippen LogP contribution in [-0.4, -0.2) is 77.3 Å². The second-order valence-electron chi connectivity index (χ2n) is 6.64. The maximum absolute atomic E-state index is 12.6. The Morgan fingerprint density at radius 3 is 2.67 bits per heavy atom. The fraction of sp³-hybridized carbons (Fsp3) is 0.611. The number of β-lactam (4-membered cyclic amide) rings is 1. The van der Waals surface area contributed by atoms with Crippen molar-refractivity contribution in [2.24, 2.45) is 11.7 Å². The summed E-state index contributed by atoms with van der Waals surface area (Å²) in [5.74, 6) is -4.30. The van der Waals surface area contributed by atoms with Gasteiger partial charge in [-0.25, -0.2) is 4.79 Å². The highest BCUT2D eigenvalue weighted by Gasteiger charge is 2.56. The predicted molar refractivity (Wildman–Crippen MR) is 105 cm³/mol. The average Bonchev–Trinajstić information content (AvgIpc) is 2.74. The molecule has 2 heterocycles. The first kappa shape index (κ1) is 23.7. The fourth-order valence-corrected chi connectivity index (χ4v) is 4.90. The first-order valence-electron chi connectivity index (χ1n) is 9.30. The van der Waals surface area contributed by atoms with E-state index < -0.39 is 46.3 Å². The number of methoxy groups -OCH3 is 1. The molecule has 1 saturated heterocycles. The molecule has 4 N–H and O–H groups in total. The zero-order valence-electron chi connectivity index (χ0n) is 16.6. The molecule has 0 aromatic heterocycles. The van der Waals surface area contributed by atoms with Gasteiger partial charge in [0, 0.05) is 11.9 Å². The van der Waals surface area contributed by atoms with Crippen LogP contribution in [0.3, 0.4) is 0 Å². The van der Waals surface area contributed by atoms with Crippen LogP contribution >= 0.6 is 11.8 Å². The third-order valence-electron chi connectivity index (χ3n) is 4.68. The molecule has 0 aromatic rings. The van der Waals surface area contributed by atoms with Crippen LogP contribution in [0.25, 0.3) is 0 Å². The number of hydrogen-bond acceptors (Lipinski definition) is 9. The van der Waals surface area contributed by atoms with Gasteiger partial charge in [0.15, 0.2) is 0 Å². The highest BCUT2D eigenvalue weighted by molar-refractivity contribution is 8.00. The smallest absolute Gasteiger partial charge is 0.352 e. The summed E-state index contributed by atoms with van der Waals surface area (Å²) in [4.78, 5) is 49.3. The summed E-state index contributed by atoms with van der Waals surface area (Å²) in [7, 11) is 1.16. The number of esters is 1. The number of nitriles is 1. The molecule has 164 valence electrons. The zero-order valence-corrected chi connectivity index (χ0v) is 17.4. The first-order valence-corrected chi connectivity index (χ1v) is 10.2. The third-order valence-corrected chi connectivity index (χ3v) is 6.25. The Balaban J connectivity index is 2.41. The number of fused-ring (bicyclic) bond motifs is 1. The normalized spacial score (nSPS) is 23.7. The van der Waals surface area contributed by atoms with E-state index in [9.17, 15) is 29.5 Å². The number of thioether (sulfide) groups is 1. The Labute approximate surface area is 177 Å². The van der Waals surface area contributed by atoms with Crippen LogP contribution in [0.4, 0.5) is 0 Å². The maximum Gasteiger partial charge on any atom is 0.352 e. The van der Waals surface area contributed by atoms with Crippen LogP contribution in [0.5, 0.6) is 0 Å². The lowest BCUT2D eigenvalue weighted by Crippen LogP contribution is -2.71. The standard InChI is InChI=1S/C18H24N4O7S/c1-3-4-29-8-10-11(5-9(6-19)18(27)28-2)30-16-13(21-12(23)7-20)15(24)22(16)14(10)17(25)26/h9,11,13,16H,3-5,7-8,20H2,1-2H3,(H,21,23)(H,25,26)/t9?,11?,13?,16-/m0/s1. The number of hydrogen-bond donors (Lipinski definition) is 3. The second-order valence-corrected chi connectivity index (χ2v) is 7.97. The van der Waals surface area contributed by atoms with Crippen molar-refractivity contribution in [1.82, 2.24) is 10.2 Å². The Morgan fingerprint density at radius 1 is 1.43 bits per heavy atom. The van der Waals surface area contributed by atoms with E-state index in [0.29, 0.717) is 18.6 Å². The van der Waals surface area contributed by atoms with E-state index in [1.54, 1.807) is 0 Å². The fourth-order valence-electron chi connectivity index (χ4n) is 3.25. The van der Waals surface area contributed by atoms with Crippen LogP contribution < -0.4 is 11.1 Å². The van der Waals surface area contributed by atoms with Gasteiger partial charge in [-0.1, -0.05) is 6.92 Å². The number of aliphatic carboxylic acids is 1. The number of nitrogens with zero attached hydrogens (tertiary/aromatic N) is 2. The lowest BCUT2D eigenvalue weighted by molar-refractivity contribution is -0.150. The van der Waals surface area contributed by atoms with Gasteiger partial charge in [-0.15, -0.1) is 11.8 Å². The van der Waals surface area contributed by atoms with Gasteiger partial charge in [-0.2, -0.15) is 5.26 Å². The minimum absolute atomic E-state index is 0.0223. The average molecular weight is 440 g/mol. The van der Waals surface area contributed by atoms with E-state index in [4.69, 9.17) is 10.5 Å². The molecular formula is C18H24N4O7S. The van der Waals surface area contributed by atoms with Crippen molar-refractivity contribution in [3.05, 3.63) is 11.3 Å². The Hall–Kier alpha value is -2.62. The van der Waals surface area contributed by atoms with Crippen LogP contribution in [0.15, 0.2) is 11.3 Å². The molecule has 1 fully saturated rings. The van der Waals surface area contributed by atoms with Crippen molar-refractivity contribution in [1.29, 1.82) is 5.26 Å². The second kappa shape index (κ2) is 10.4. The number of carboxylic acid groups (broad SMARTS) is 1. The molecule has 30 heavy (non-hydrogen) atoms. The molecule has 0 aromatic carbocycles. The molecule has 2 aliphatic heterocycles. The van der Waals surface area contributed by atoms with Gasteiger partial charge in [0.25, 0.3) is 5.91 Å². The predicted octanol–water partition coefficient (Wildman–Crippen LogP) is -0.818. The van der Waals surface area contributed by atoms with Crippen molar-refractivity contribution in [3.8, 4) is 6.07 Å². The number of amides is 2. The number of carbonyl (C=O) groups excluding carboxylic acids is 3. The number of carbonyl (C=O) groups is 4. The summed E-state index contributed by atoms with van der Waals surface area (Å²) in [5, 5.41) is 20.3. The number of rotatable bonds is 10. The lowest BCUT2D eigenvalue weighted by Gasteiger charge is -2.51. The molecule has 2 rings (SSSR count). The van der Waals surface area contributed by atoms with Crippen molar-refractivity contribution < 1.29 is 33.8 Å². The largest absolute Gasteiger partial charge is 0.477 e. The molecule has 0 aliphatic carbocycles. The molecule has 0 bridgehead atoms. The van der Waals surface area contributed by atoms with E-state index in [2.05, 4.69) is 10.1 Å². The van der Waals surface area contributed by atoms with Gasteiger partial charge >= 0.3 is 11.9 Å². The monoisotopic (exact) mass is 440 g/mol. The van der Waals surface area contributed by atoms with E-state index in [-0.39, 0.29) is 25.3 Å². The minimum Gasteiger partial charge on any atom is -0.477 e. The number of nitrogens with one attached hydrogen (secondary N) is 1. The van der Waals surface area contributed by atoms with Gasteiger partial charge in [-0.05, 0) is 18.4 Å². The van der Waals surface area contributed by atoms with Crippen LogP contribution in [0, 0.1) is 17.2 Å². The SMILES string of the molecule is CCCOCC1=C(C(=O)O)N2C(=O)C(NC(=O)CN)[C@@H]2SC1CC(C#N)C(=O)OC. The van der Waals surface area contributed by atoms with Crippen LogP contribution in [0.1, 0.15) is 19.8 Å². The van der Waals surface area contributed by atoms with Gasteiger partial charge in [-0.3, -0.25) is 19.3 Å². The quantitative estimate of drug-likeness (QED) is 0.221. The molecule has 0 spiro atoms. The molecule has 2 aliphatic rings. The van der Waals surface area contributed by atoms with E-state index in [1.165, 1.54) is 11.8 Å². The van der Waals surface area contributed by atoms with E-state index >= 15 is 0 Å². The maximum atomic E-state index is 12.6. The van der Waals surface area contributed by atoms with Gasteiger partial charge in [0.2, 0.25) is 5.91 Å². The van der Waals surface area contributed by atoms with Crippen molar-refractivity contribution in [3.63, 3.8) is 0 Å². The van der Waals surface area contributed by atoms with Crippen molar-refractivity contribution in [2.75, 3.05) is 26.9 Å². The number of carboxylic acids is 1. The summed E-state index contributed by atoms with van der Waals surface area (Å²) < 4.78 is 10.2. The van der Waals surface area contributed by atoms with E-state index in [0.717, 1.165) is 12.0 Å². The Morgan fingerprint density at radius 2 is 2.13 bits per heavy atom. The van der Waals surface area contributed by atoms with Crippen molar-refractivity contribution >= 4 is 35.5 Å². The lowest BCUT2D eigenvalue weighted by atomic mass is 9.95. The van der Waals surface area contributed by atoms with Crippen molar-refractivity contribution in [2.45, 2.75) is 36.4 Å². The highest BCUT2D eigenvalue weighted by atomic mass is 32.2. The summed E-state index contributed by atoms with van der Waals surface area (Å²) >= 11 is 1.19. The minimum atomic E-state index is -1.33. The summed E-state index contributed by atoms with van der Waals surface area (Å²) in [6.45, 7) is 1.88. The highest BCUT2D eigenvalue weighted by Crippen LogP contribution is 2.46. The molecule has 4 atom stereocenters. The number of nitrogens with two attached hydrogens (primary N) is 1. The molecule has 2 amide bonds. The topological polar surface area (TPSA) is 172 Å². The van der Waals surface area contributed by atoms with E-state index in [1.807, 2.05) is 13.0 Å². The Kier molecular flexibility index (Phi) is 8.22. The number of ether oxygens (including phenoxy) is 2. The molecule has 11 nitrogen and oxygen atoms in total. The molecular weight excluding hydrogens is 416 g/mol. The molecule has 12 heteroatoms.